The molecule has 3 rings (SSSR count). The van der Waals surface area contributed by atoms with Crippen LogP contribution in [0.4, 0.5) is 0 Å². The highest BCUT2D eigenvalue weighted by Gasteiger charge is 2.43. The number of carbonyl (C=O) groups excluding carboxylic acids is 1. The van der Waals surface area contributed by atoms with Crippen molar-refractivity contribution >= 4 is 5.78 Å². The maximum Gasteiger partial charge on any atom is 0.166 e. The van der Waals surface area contributed by atoms with E-state index in [2.05, 4.69) is 12.1 Å². The van der Waals surface area contributed by atoms with Gasteiger partial charge < -0.3 is 4.74 Å². The number of benzene rings is 2. The standard InChI is InChI=1S/C18H18O2/c1-2-20-15-10-8-13(9-11-15)16-12-17(16)18(19)14-6-4-3-5-7-14/h3-11,16-17H,2,12H2,1H3. The van der Waals surface area contributed by atoms with E-state index in [1.54, 1.807) is 0 Å². The van der Waals surface area contributed by atoms with Crippen LogP contribution < -0.4 is 4.74 Å². The first-order valence-electron chi connectivity index (χ1n) is 7.11. The van der Waals surface area contributed by atoms with Crippen LogP contribution in [-0.4, -0.2) is 12.4 Å². The van der Waals surface area contributed by atoms with Crippen molar-refractivity contribution < 1.29 is 9.53 Å². The van der Waals surface area contributed by atoms with Crippen molar-refractivity contribution in [2.45, 2.75) is 19.3 Å². The van der Waals surface area contributed by atoms with Crippen molar-refractivity contribution in [2.24, 2.45) is 5.92 Å². The third kappa shape index (κ3) is 2.60. The Labute approximate surface area is 119 Å². The van der Waals surface area contributed by atoms with E-state index < -0.39 is 0 Å². The van der Waals surface area contributed by atoms with E-state index in [-0.39, 0.29) is 11.7 Å². The van der Waals surface area contributed by atoms with Gasteiger partial charge in [0.25, 0.3) is 0 Å². The summed E-state index contributed by atoms with van der Waals surface area (Å²) in [6.45, 7) is 2.65. The number of ether oxygens (including phenoxy) is 1. The van der Waals surface area contributed by atoms with Gasteiger partial charge in [0.05, 0.1) is 6.61 Å². The first kappa shape index (κ1) is 12.9. The van der Waals surface area contributed by atoms with Crippen LogP contribution in [0.5, 0.6) is 5.75 Å². The van der Waals surface area contributed by atoms with Gasteiger partial charge in [0, 0.05) is 11.5 Å². The molecule has 0 saturated heterocycles. The molecule has 1 aliphatic rings. The van der Waals surface area contributed by atoms with Gasteiger partial charge in [-0.15, -0.1) is 0 Å². The van der Waals surface area contributed by atoms with Crippen molar-refractivity contribution in [3.05, 3.63) is 65.7 Å². The first-order valence-corrected chi connectivity index (χ1v) is 7.11. The molecular weight excluding hydrogens is 248 g/mol. The Morgan fingerprint density at radius 3 is 2.45 bits per heavy atom. The van der Waals surface area contributed by atoms with E-state index in [1.165, 1.54) is 5.56 Å². The van der Waals surface area contributed by atoms with Gasteiger partial charge in [-0.3, -0.25) is 4.79 Å². The van der Waals surface area contributed by atoms with Gasteiger partial charge in [0.15, 0.2) is 5.78 Å². The molecule has 2 atom stereocenters. The molecule has 1 aliphatic carbocycles. The zero-order valence-electron chi connectivity index (χ0n) is 11.6. The van der Waals surface area contributed by atoms with E-state index in [1.807, 2.05) is 49.4 Å². The Bertz CT molecular complexity index is 587. The van der Waals surface area contributed by atoms with Crippen molar-refractivity contribution in [1.29, 1.82) is 0 Å². The number of rotatable bonds is 5. The lowest BCUT2D eigenvalue weighted by atomic mass is 10.0. The molecule has 0 bridgehead atoms. The predicted octanol–water partition coefficient (Wildman–Crippen LogP) is 4.07. The molecule has 0 heterocycles. The summed E-state index contributed by atoms with van der Waals surface area (Å²) in [4.78, 5) is 12.3. The number of ketones is 1. The lowest BCUT2D eigenvalue weighted by Crippen LogP contribution is -2.02. The molecule has 1 saturated carbocycles. The lowest BCUT2D eigenvalue weighted by Gasteiger charge is -2.05. The zero-order valence-corrected chi connectivity index (χ0v) is 11.6. The topological polar surface area (TPSA) is 26.3 Å². The van der Waals surface area contributed by atoms with Crippen LogP contribution in [-0.2, 0) is 0 Å². The quantitative estimate of drug-likeness (QED) is 0.762. The predicted molar refractivity (Wildman–Crippen MR) is 79.2 cm³/mol. The molecule has 0 radical (unpaired) electrons. The largest absolute Gasteiger partial charge is 0.494 e. The molecule has 102 valence electrons. The highest BCUT2D eigenvalue weighted by Crippen LogP contribution is 2.49. The number of carbonyl (C=O) groups is 1. The van der Waals surface area contributed by atoms with E-state index in [4.69, 9.17) is 4.74 Å². The Morgan fingerprint density at radius 2 is 1.80 bits per heavy atom. The summed E-state index contributed by atoms with van der Waals surface area (Å²) in [6, 6.07) is 17.7. The van der Waals surface area contributed by atoms with Crippen molar-refractivity contribution in [3.8, 4) is 5.75 Å². The van der Waals surface area contributed by atoms with Crippen LogP contribution >= 0.6 is 0 Å². The minimum Gasteiger partial charge on any atom is -0.494 e. The molecule has 2 unspecified atom stereocenters. The Kier molecular flexibility index (Phi) is 3.55. The van der Waals surface area contributed by atoms with Gasteiger partial charge in [0.1, 0.15) is 5.75 Å². The molecule has 2 heteroatoms. The Balaban J connectivity index is 1.68. The fourth-order valence-corrected chi connectivity index (χ4v) is 2.65. The van der Waals surface area contributed by atoms with Crippen LogP contribution in [0.2, 0.25) is 0 Å². The summed E-state index contributed by atoms with van der Waals surface area (Å²) in [5.41, 5.74) is 2.06. The van der Waals surface area contributed by atoms with Crippen LogP contribution in [0.25, 0.3) is 0 Å². The SMILES string of the molecule is CCOc1ccc(C2CC2C(=O)c2ccccc2)cc1. The highest BCUT2D eigenvalue weighted by atomic mass is 16.5. The molecular formula is C18H18O2. The summed E-state index contributed by atoms with van der Waals surface area (Å²) in [6.07, 6.45) is 0.960. The molecule has 2 aromatic rings. The fraction of sp³-hybridized carbons (Fsp3) is 0.278. The molecule has 2 aromatic carbocycles. The number of Topliss-reactive ketones (excluding diaryl/α,β-unsaturated/α-hetero) is 1. The molecule has 2 nitrogen and oxygen atoms in total. The molecule has 0 N–H and O–H groups in total. The van der Waals surface area contributed by atoms with Gasteiger partial charge >= 0.3 is 0 Å². The van der Waals surface area contributed by atoms with Crippen LogP contribution in [0.15, 0.2) is 54.6 Å². The van der Waals surface area contributed by atoms with E-state index in [9.17, 15) is 4.79 Å². The van der Waals surface area contributed by atoms with Gasteiger partial charge in [-0.1, -0.05) is 42.5 Å². The second-order valence-electron chi connectivity index (χ2n) is 5.18. The lowest BCUT2D eigenvalue weighted by molar-refractivity contribution is 0.0965. The normalized spacial score (nSPS) is 20.4. The average molecular weight is 266 g/mol. The molecule has 0 aliphatic heterocycles. The molecule has 0 aromatic heterocycles. The van der Waals surface area contributed by atoms with Gasteiger partial charge in [-0.2, -0.15) is 0 Å². The van der Waals surface area contributed by atoms with E-state index in [0.29, 0.717) is 12.5 Å². The average Bonchev–Trinajstić information content (AvgIpc) is 3.29. The second-order valence-corrected chi connectivity index (χ2v) is 5.18. The highest BCUT2D eigenvalue weighted by molar-refractivity contribution is 6.00. The second kappa shape index (κ2) is 5.49. The minimum absolute atomic E-state index is 0.148. The Hall–Kier alpha value is -2.09. The molecule has 0 amide bonds. The third-order valence-corrected chi connectivity index (χ3v) is 3.80. The Morgan fingerprint density at radius 1 is 1.10 bits per heavy atom. The van der Waals surface area contributed by atoms with Gasteiger partial charge in [-0.25, -0.2) is 0 Å². The third-order valence-electron chi connectivity index (χ3n) is 3.80. The van der Waals surface area contributed by atoms with Crippen molar-refractivity contribution in [2.75, 3.05) is 6.61 Å². The zero-order chi connectivity index (χ0) is 13.9. The van der Waals surface area contributed by atoms with Crippen LogP contribution in [0, 0.1) is 5.92 Å². The summed E-state index contributed by atoms with van der Waals surface area (Å²) in [5, 5.41) is 0. The summed E-state index contributed by atoms with van der Waals surface area (Å²) in [5.74, 6) is 1.68. The van der Waals surface area contributed by atoms with E-state index >= 15 is 0 Å². The van der Waals surface area contributed by atoms with Crippen molar-refractivity contribution in [1.82, 2.24) is 0 Å². The smallest absolute Gasteiger partial charge is 0.166 e. The minimum atomic E-state index is 0.148. The number of hydrogen-bond acceptors (Lipinski definition) is 2. The molecule has 0 spiro atoms. The monoisotopic (exact) mass is 266 g/mol. The maximum absolute atomic E-state index is 12.3. The first-order chi connectivity index (χ1) is 9.79. The molecule has 1 fully saturated rings. The summed E-state index contributed by atoms with van der Waals surface area (Å²) in [7, 11) is 0. The maximum atomic E-state index is 12.3. The van der Waals surface area contributed by atoms with Crippen LogP contribution in [0.1, 0.15) is 35.2 Å². The summed E-state index contributed by atoms with van der Waals surface area (Å²) >= 11 is 0. The van der Waals surface area contributed by atoms with Crippen molar-refractivity contribution in [3.63, 3.8) is 0 Å². The van der Waals surface area contributed by atoms with E-state index in [0.717, 1.165) is 17.7 Å². The van der Waals surface area contributed by atoms with Gasteiger partial charge in [0.2, 0.25) is 0 Å². The summed E-state index contributed by atoms with van der Waals surface area (Å²) < 4.78 is 5.44. The number of hydrogen-bond donors (Lipinski definition) is 0. The van der Waals surface area contributed by atoms with Crippen LogP contribution in [0.3, 0.4) is 0 Å². The van der Waals surface area contributed by atoms with Gasteiger partial charge in [-0.05, 0) is 37.0 Å². The molecule has 20 heavy (non-hydrogen) atoms. The fourth-order valence-electron chi connectivity index (χ4n) is 2.65.